The first-order chi connectivity index (χ1) is 3.98. The molecule has 0 saturated heterocycles. The Morgan fingerprint density at radius 1 is 1.44 bits per heavy atom. The summed E-state index contributed by atoms with van der Waals surface area (Å²) < 4.78 is 0. The van der Waals surface area contributed by atoms with Crippen LogP contribution in [0, 0.1) is 0 Å². The van der Waals surface area contributed by atoms with E-state index in [9.17, 15) is 0 Å². The van der Waals surface area contributed by atoms with E-state index >= 15 is 0 Å². The maximum absolute atomic E-state index is 3.77. The second-order valence-corrected chi connectivity index (χ2v) is 6.78. The summed E-state index contributed by atoms with van der Waals surface area (Å²) in [6, 6.07) is 0. The summed E-state index contributed by atoms with van der Waals surface area (Å²) in [5.41, 5.74) is 1.04. The van der Waals surface area contributed by atoms with Gasteiger partial charge in [0.25, 0.3) is 0 Å². The van der Waals surface area contributed by atoms with Crippen LogP contribution in [-0.2, 0) is 0 Å². The molecule has 0 aromatic heterocycles. The van der Waals surface area contributed by atoms with Gasteiger partial charge in [0.15, 0.2) is 0 Å². The van der Waals surface area contributed by atoms with E-state index in [1.54, 1.807) is 0 Å². The third-order valence-corrected chi connectivity index (χ3v) is 3.45. The minimum atomic E-state index is -1.34. The van der Waals surface area contributed by atoms with Gasteiger partial charge in [-0.05, 0) is 0 Å². The number of allylic oxidation sites excluding steroid dienone is 1. The number of nitrogens with one attached hydrogen (secondary N) is 2. The van der Waals surface area contributed by atoms with Crippen LogP contribution in [0.25, 0.3) is 0 Å². The molecule has 0 fully saturated rings. The maximum atomic E-state index is 3.77. The standard InChI is InChI=1S/C6H17N2P/c1-6(2)8-9(4,5)7-3/h7-9H,1H2,2-5H3. The summed E-state index contributed by atoms with van der Waals surface area (Å²) in [6.45, 7) is 10.1. The molecule has 0 aliphatic rings. The molecule has 0 spiro atoms. The van der Waals surface area contributed by atoms with Gasteiger partial charge in [-0.25, -0.2) is 0 Å². The van der Waals surface area contributed by atoms with Crippen LogP contribution < -0.4 is 10.2 Å². The van der Waals surface area contributed by atoms with Gasteiger partial charge >= 0.3 is 57.3 Å². The minimum absolute atomic E-state index is 1.04. The first-order valence-electron chi connectivity index (χ1n) is 3.10. The quantitative estimate of drug-likeness (QED) is 0.587. The van der Waals surface area contributed by atoms with Crippen LogP contribution in [0.2, 0.25) is 0 Å². The van der Waals surface area contributed by atoms with E-state index in [1.165, 1.54) is 0 Å². The van der Waals surface area contributed by atoms with Gasteiger partial charge in [0.05, 0.1) is 0 Å². The van der Waals surface area contributed by atoms with E-state index in [4.69, 9.17) is 0 Å². The van der Waals surface area contributed by atoms with E-state index in [2.05, 4.69) is 30.1 Å². The van der Waals surface area contributed by atoms with Crippen LogP contribution >= 0.6 is 7.56 Å². The predicted octanol–water partition coefficient (Wildman–Crippen LogP) is 1.17. The normalized spacial score (nSPS) is 12.9. The van der Waals surface area contributed by atoms with Crippen molar-refractivity contribution in [1.82, 2.24) is 10.2 Å². The zero-order chi connectivity index (χ0) is 7.49. The average molecular weight is 148 g/mol. The Morgan fingerprint density at radius 2 is 1.89 bits per heavy atom. The third kappa shape index (κ3) is 4.43. The van der Waals surface area contributed by atoms with E-state index in [-0.39, 0.29) is 0 Å². The molecule has 0 aliphatic heterocycles. The predicted molar refractivity (Wildman–Crippen MR) is 47.2 cm³/mol. The summed E-state index contributed by atoms with van der Waals surface area (Å²) in [7, 11) is 0.634. The zero-order valence-corrected chi connectivity index (χ0v) is 7.71. The second kappa shape index (κ2) is 3.19. The van der Waals surface area contributed by atoms with E-state index < -0.39 is 7.56 Å². The second-order valence-electron chi connectivity index (χ2n) is 2.78. The van der Waals surface area contributed by atoms with E-state index in [0.717, 1.165) is 5.70 Å². The molecule has 0 unspecified atom stereocenters. The third-order valence-electron chi connectivity index (χ3n) is 1.15. The summed E-state index contributed by atoms with van der Waals surface area (Å²) in [5.74, 6) is 0. The van der Waals surface area contributed by atoms with Gasteiger partial charge in [0.2, 0.25) is 0 Å². The Kier molecular flexibility index (Phi) is 3.16. The van der Waals surface area contributed by atoms with Gasteiger partial charge in [-0.1, -0.05) is 0 Å². The van der Waals surface area contributed by atoms with Crippen molar-refractivity contribution in [3.8, 4) is 0 Å². The number of hydrogen-bond acceptors (Lipinski definition) is 2. The molecule has 0 aliphatic carbocycles. The fourth-order valence-electron chi connectivity index (χ4n) is 0.596. The molecule has 0 amide bonds. The van der Waals surface area contributed by atoms with Gasteiger partial charge in [0, 0.05) is 0 Å². The molecule has 9 heavy (non-hydrogen) atoms. The zero-order valence-electron chi connectivity index (χ0n) is 6.71. The van der Waals surface area contributed by atoms with Crippen molar-refractivity contribution < 1.29 is 0 Å². The molecule has 0 atom stereocenters. The SMILES string of the molecule is C=C(C)N[PH](C)(C)NC. The summed E-state index contributed by atoms with van der Waals surface area (Å²) >= 11 is 0. The molecular formula is C6H17N2P. The van der Waals surface area contributed by atoms with Gasteiger partial charge < -0.3 is 0 Å². The summed E-state index contributed by atoms with van der Waals surface area (Å²) in [6.07, 6.45) is 0. The molecule has 0 aromatic rings. The fourth-order valence-corrected chi connectivity index (χ4v) is 1.79. The molecule has 2 nitrogen and oxygen atoms in total. The van der Waals surface area contributed by atoms with Crippen LogP contribution in [0.5, 0.6) is 0 Å². The van der Waals surface area contributed by atoms with Gasteiger partial charge in [-0.3, -0.25) is 0 Å². The van der Waals surface area contributed by atoms with E-state index in [0.29, 0.717) is 0 Å². The molecule has 0 heterocycles. The molecule has 56 valence electrons. The first kappa shape index (κ1) is 8.93. The molecular weight excluding hydrogens is 131 g/mol. The topological polar surface area (TPSA) is 24.1 Å². The fraction of sp³-hybridized carbons (Fsp3) is 0.667. The van der Waals surface area contributed by atoms with Gasteiger partial charge in [-0.2, -0.15) is 0 Å². The first-order valence-corrected chi connectivity index (χ1v) is 6.10. The van der Waals surface area contributed by atoms with Crippen molar-refractivity contribution in [2.45, 2.75) is 6.92 Å². The molecule has 2 N–H and O–H groups in total. The molecule has 3 heteroatoms. The Balaban J connectivity index is 3.71. The van der Waals surface area contributed by atoms with Crippen LogP contribution in [0.15, 0.2) is 12.3 Å². The number of rotatable bonds is 3. The van der Waals surface area contributed by atoms with Crippen LogP contribution in [-0.4, -0.2) is 20.4 Å². The molecule has 0 rings (SSSR count). The molecule has 0 aromatic carbocycles. The van der Waals surface area contributed by atoms with Gasteiger partial charge in [0.1, 0.15) is 0 Å². The Morgan fingerprint density at radius 3 is 2.00 bits per heavy atom. The van der Waals surface area contributed by atoms with Crippen molar-refractivity contribution in [1.29, 1.82) is 0 Å². The van der Waals surface area contributed by atoms with E-state index in [1.807, 2.05) is 14.0 Å². The Hall–Kier alpha value is -0.0700. The van der Waals surface area contributed by atoms with Crippen molar-refractivity contribution in [2.75, 3.05) is 20.4 Å². The average Bonchev–Trinajstić information content (AvgIpc) is 1.63. The number of hydrogen-bond donors (Lipinski definition) is 2. The molecule has 0 radical (unpaired) electrons. The Labute approximate surface area is 58.2 Å². The Bertz CT molecular complexity index is 110. The van der Waals surface area contributed by atoms with Crippen LogP contribution in [0.3, 0.4) is 0 Å². The van der Waals surface area contributed by atoms with Gasteiger partial charge in [-0.15, -0.1) is 0 Å². The van der Waals surface area contributed by atoms with Crippen LogP contribution in [0.1, 0.15) is 6.92 Å². The van der Waals surface area contributed by atoms with Crippen LogP contribution in [0.4, 0.5) is 0 Å². The van der Waals surface area contributed by atoms with Crippen molar-refractivity contribution in [3.05, 3.63) is 12.3 Å². The summed E-state index contributed by atoms with van der Waals surface area (Å²) in [4.78, 5) is 0. The van der Waals surface area contributed by atoms with Crippen molar-refractivity contribution in [2.24, 2.45) is 0 Å². The summed E-state index contributed by atoms with van der Waals surface area (Å²) in [5, 5.41) is 6.54. The molecule has 0 saturated carbocycles. The molecule has 0 bridgehead atoms. The monoisotopic (exact) mass is 148 g/mol. The van der Waals surface area contributed by atoms with Crippen molar-refractivity contribution >= 4 is 7.56 Å². The van der Waals surface area contributed by atoms with Crippen molar-refractivity contribution in [3.63, 3.8) is 0 Å².